The molecular formula is C39H32F2N4O4. The summed E-state index contributed by atoms with van der Waals surface area (Å²) in [5.74, 6) is -1.45. The third-order valence-corrected chi connectivity index (χ3v) is 8.97. The molecular weight excluding hydrogens is 626 g/mol. The Balaban J connectivity index is 1.20. The number of hydrogen-bond donors (Lipinski definition) is 2. The van der Waals surface area contributed by atoms with Gasteiger partial charge in [0.15, 0.2) is 5.82 Å². The van der Waals surface area contributed by atoms with Crippen LogP contribution in [0.4, 0.5) is 8.78 Å². The molecule has 2 amide bonds. The first kappa shape index (κ1) is 31.8. The number of aromatic nitrogens is 2. The average molecular weight is 659 g/mol. The summed E-state index contributed by atoms with van der Waals surface area (Å²) >= 11 is 0. The average Bonchev–Trinajstić information content (AvgIpc) is 3.51. The maximum atomic E-state index is 16.6. The quantitative estimate of drug-likeness (QED) is 0.167. The summed E-state index contributed by atoms with van der Waals surface area (Å²) in [5.41, 5.74) is 2.49. The first-order valence-electron chi connectivity index (χ1n) is 15.9. The van der Waals surface area contributed by atoms with Crippen molar-refractivity contribution in [1.82, 2.24) is 20.6 Å². The fourth-order valence-corrected chi connectivity index (χ4v) is 6.36. The Morgan fingerprint density at radius 1 is 0.898 bits per heavy atom. The minimum atomic E-state index is -0.842. The van der Waals surface area contributed by atoms with E-state index < -0.39 is 23.1 Å². The van der Waals surface area contributed by atoms with Crippen LogP contribution in [0, 0.1) is 18.6 Å². The normalized spacial score (nSPS) is 17.0. The molecule has 49 heavy (non-hydrogen) atoms. The third kappa shape index (κ3) is 6.07. The lowest BCUT2D eigenvalue weighted by molar-refractivity contribution is -0.0664. The number of aryl methyl sites for hydroxylation is 1. The van der Waals surface area contributed by atoms with E-state index in [1.165, 1.54) is 31.3 Å². The summed E-state index contributed by atoms with van der Waals surface area (Å²) in [4.78, 5) is 35.9. The van der Waals surface area contributed by atoms with Crippen molar-refractivity contribution in [3.05, 3.63) is 143 Å². The molecule has 1 aliphatic carbocycles. The molecule has 7 rings (SSSR count). The summed E-state index contributed by atoms with van der Waals surface area (Å²) in [7, 11) is 1.44. The lowest BCUT2D eigenvalue weighted by Crippen LogP contribution is -2.58. The van der Waals surface area contributed by atoms with Crippen LogP contribution in [0.1, 0.15) is 50.5 Å². The first-order valence-corrected chi connectivity index (χ1v) is 15.9. The van der Waals surface area contributed by atoms with Crippen molar-refractivity contribution in [3.8, 4) is 22.5 Å². The molecule has 10 heteroatoms. The highest BCUT2D eigenvalue weighted by Gasteiger charge is 2.50. The van der Waals surface area contributed by atoms with Crippen molar-refractivity contribution < 1.29 is 27.5 Å². The number of furan rings is 1. The monoisotopic (exact) mass is 658 g/mol. The number of nitrogens with one attached hydrogen (secondary N) is 2. The molecule has 6 aromatic rings. The number of amides is 2. The Bertz CT molecular complexity index is 2160. The number of carbonyl (C=O) groups excluding carboxylic acids is 2. The lowest BCUT2D eigenvalue weighted by atomic mass is 9.73. The number of carbonyl (C=O) groups is 2. The van der Waals surface area contributed by atoms with Crippen LogP contribution in [0.5, 0.6) is 0 Å². The summed E-state index contributed by atoms with van der Waals surface area (Å²) in [6.45, 7) is 2.27. The van der Waals surface area contributed by atoms with Crippen LogP contribution in [0.2, 0.25) is 0 Å². The third-order valence-electron chi connectivity index (χ3n) is 8.97. The van der Waals surface area contributed by atoms with E-state index in [4.69, 9.17) is 9.15 Å². The molecule has 2 heterocycles. The van der Waals surface area contributed by atoms with Crippen LogP contribution in [0.15, 0.2) is 108 Å². The molecule has 0 saturated heterocycles. The van der Waals surface area contributed by atoms with Gasteiger partial charge < -0.3 is 19.8 Å². The van der Waals surface area contributed by atoms with Gasteiger partial charge in [0, 0.05) is 49.0 Å². The van der Waals surface area contributed by atoms with E-state index in [0.29, 0.717) is 42.0 Å². The molecule has 0 atom stereocenters. The smallest absolute Gasteiger partial charge is 0.255 e. The highest BCUT2D eigenvalue weighted by Crippen LogP contribution is 2.43. The van der Waals surface area contributed by atoms with Crippen LogP contribution < -0.4 is 10.6 Å². The predicted octanol–water partition coefficient (Wildman–Crippen LogP) is 7.51. The van der Waals surface area contributed by atoms with Crippen LogP contribution in [-0.4, -0.2) is 34.9 Å². The second-order valence-corrected chi connectivity index (χ2v) is 12.2. The van der Waals surface area contributed by atoms with Gasteiger partial charge in [-0.1, -0.05) is 36.4 Å². The van der Waals surface area contributed by atoms with Crippen molar-refractivity contribution in [2.24, 2.45) is 0 Å². The van der Waals surface area contributed by atoms with Crippen molar-refractivity contribution in [2.45, 2.75) is 38.0 Å². The molecule has 0 bridgehead atoms. The largest absolute Gasteiger partial charge is 0.455 e. The molecule has 4 aromatic carbocycles. The zero-order valence-corrected chi connectivity index (χ0v) is 26.8. The predicted molar refractivity (Wildman–Crippen MR) is 181 cm³/mol. The molecule has 0 spiro atoms. The maximum Gasteiger partial charge on any atom is 0.255 e. The Labute approximate surface area is 281 Å². The van der Waals surface area contributed by atoms with Gasteiger partial charge in [-0.2, -0.15) is 0 Å². The van der Waals surface area contributed by atoms with E-state index in [2.05, 4.69) is 20.6 Å². The van der Waals surface area contributed by atoms with Crippen molar-refractivity contribution in [1.29, 1.82) is 0 Å². The van der Waals surface area contributed by atoms with Crippen LogP contribution in [-0.2, 0) is 16.9 Å². The molecule has 1 aliphatic rings. The van der Waals surface area contributed by atoms with Crippen molar-refractivity contribution >= 4 is 22.8 Å². The lowest BCUT2D eigenvalue weighted by Gasteiger charge is -2.46. The summed E-state index contributed by atoms with van der Waals surface area (Å²) in [6.07, 6.45) is 4.14. The Morgan fingerprint density at radius 2 is 1.63 bits per heavy atom. The van der Waals surface area contributed by atoms with Gasteiger partial charge in [-0.15, -0.1) is 0 Å². The molecule has 1 fully saturated rings. The van der Waals surface area contributed by atoms with E-state index >= 15 is 4.39 Å². The Morgan fingerprint density at radius 3 is 2.35 bits per heavy atom. The van der Waals surface area contributed by atoms with Gasteiger partial charge in [0.25, 0.3) is 11.8 Å². The van der Waals surface area contributed by atoms with E-state index in [-0.39, 0.29) is 39.9 Å². The Kier molecular flexibility index (Phi) is 8.48. The summed E-state index contributed by atoms with van der Waals surface area (Å²) in [5, 5.41) is 5.70. The number of nitrogens with zero attached hydrogens (tertiary/aromatic N) is 2. The standard InChI is InChI=1S/C39H32F2N4O4/c1-23-9-10-26(36(46)45-39(38-43-17-6-18-44-38)20-28(21-39)48-22-24-7-4-3-5-8-24)19-30(23)29-15-16-31-32(34(29)41)33(37(47)42-2)35(49-31)25-11-13-27(40)14-12-25/h3-19,28H,20-22H2,1-2H3,(H,42,47)(H,45,46). The minimum Gasteiger partial charge on any atom is -0.455 e. The Hall–Kier alpha value is -5.74. The van der Waals surface area contributed by atoms with Gasteiger partial charge in [-0.3, -0.25) is 9.59 Å². The van der Waals surface area contributed by atoms with E-state index in [1.807, 2.05) is 37.3 Å². The van der Waals surface area contributed by atoms with Gasteiger partial charge in [0.05, 0.1) is 23.7 Å². The molecule has 2 aromatic heterocycles. The molecule has 8 nitrogen and oxygen atoms in total. The summed E-state index contributed by atoms with van der Waals surface area (Å²) in [6, 6.07) is 25.3. The number of ether oxygens (including phenoxy) is 1. The van der Waals surface area contributed by atoms with Gasteiger partial charge in [0.2, 0.25) is 0 Å². The molecule has 0 aliphatic heterocycles. The fourth-order valence-electron chi connectivity index (χ4n) is 6.36. The number of fused-ring (bicyclic) bond motifs is 1. The SMILES string of the molecule is CNC(=O)c1c(-c2ccc(F)cc2)oc2ccc(-c3cc(C(=O)NC4(c5ncccn5)CC(OCc5ccccc5)C4)ccc3C)c(F)c12. The van der Waals surface area contributed by atoms with Gasteiger partial charge in [-0.25, -0.2) is 18.7 Å². The van der Waals surface area contributed by atoms with Crippen LogP contribution in [0.25, 0.3) is 33.4 Å². The second kappa shape index (κ2) is 13.0. The molecule has 0 unspecified atom stereocenters. The van der Waals surface area contributed by atoms with Gasteiger partial charge >= 0.3 is 0 Å². The van der Waals surface area contributed by atoms with Crippen molar-refractivity contribution in [2.75, 3.05) is 7.05 Å². The second-order valence-electron chi connectivity index (χ2n) is 12.2. The highest BCUT2D eigenvalue weighted by molar-refractivity contribution is 6.12. The number of benzene rings is 4. The van der Waals surface area contributed by atoms with Crippen LogP contribution in [0.3, 0.4) is 0 Å². The minimum absolute atomic E-state index is 0.00571. The van der Waals surface area contributed by atoms with E-state index in [9.17, 15) is 14.0 Å². The van der Waals surface area contributed by atoms with E-state index in [0.717, 1.165) is 11.1 Å². The highest BCUT2D eigenvalue weighted by atomic mass is 19.1. The molecule has 1 saturated carbocycles. The number of rotatable bonds is 9. The first-order chi connectivity index (χ1) is 23.8. The van der Waals surface area contributed by atoms with Crippen LogP contribution >= 0.6 is 0 Å². The molecule has 0 radical (unpaired) electrons. The number of hydrogen-bond acceptors (Lipinski definition) is 6. The van der Waals surface area contributed by atoms with Gasteiger partial charge in [0.1, 0.15) is 28.5 Å². The number of halogens is 2. The summed E-state index contributed by atoms with van der Waals surface area (Å²) < 4.78 is 42.4. The zero-order chi connectivity index (χ0) is 34.1. The molecule has 2 N–H and O–H groups in total. The topological polar surface area (TPSA) is 106 Å². The maximum absolute atomic E-state index is 16.6. The van der Waals surface area contributed by atoms with Gasteiger partial charge in [-0.05, 0) is 78.2 Å². The zero-order valence-electron chi connectivity index (χ0n) is 26.8. The molecule has 246 valence electrons. The van der Waals surface area contributed by atoms with Crippen molar-refractivity contribution in [3.63, 3.8) is 0 Å². The fraction of sp³-hybridized carbons (Fsp3) is 0.179. The van der Waals surface area contributed by atoms with E-state index in [1.54, 1.807) is 48.8 Å².